The van der Waals surface area contributed by atoms with Crippen molar-refractivity contribution in [2.45, 2.75) is 6.61 Å². The molecule has 3 N–H and O–H groups in total. The van der Waals surface area contributed by atoms with Crippen LogP contribution < -0.4 is 4.74 Å². The molecule has 0 unspecified atom stereocenters. The Bertz CT molecular complexity index is 1860. The van der Waals surface area contributed by atoms with Crippen molar-refractivity contribution in [3.63, 3.8) is 0 Å². The Morgan fingerprint density at radius 3 is 1.60 bits per heavy atom. The number of hydrogen-bond donors (Lipinski definition) is 3. The number of nitrogens with zero attached hydrogens (tertiary/aromatic N) is 4. The maximum Gasteiger partial charge on any atom is 0.150 e. The maximum absolute atomic E-state index is 10.6. The number of ether oxygens (including phenoxy) is 1. The van der Waals surface area contributed by atoms with Crippen molar-refractivity contribution < 1.29 is 20.1 Å². The molecule has 0 aliphatic heterocycles. The molecule has 0 atom stereocenters. The molecule has 0 bridgehead atoms. The van der Waals surface area contributed by atoms with Crippen LogP contribution in [0.1, 0.15) is 5.56 Å². The van der Waals surface area contributed by atoms with Crippen molar-refractivity contribution in [1.82, 2.24) is 0 Å². The fourth-order valence-electron chi connectivity index (χ4n) is 4.79. The van der Waals surface area contributed by atoms with Gasteiger partial charge >= 0.3 is 0 Å². The Hall–Kier alpha value is -5.60. The highest BCUT2D eigenvalue weighted by Crippen LogP contribution is 2.39. The van der Waals surface area contributed by atoms with E-state index in [0.717, 1.165) is 21.9 Å². The quantitative estimate of drug-likeness (QED) is 0.170. The summed E-state index contributed by atoms with van der Waals surface area (Å²) in [7, 11) is 1.55. The Balaban J connectivity index is 1.27. The van der Waals surface area contributed by atoms with Gasteiger partial charge in [-0.1, -0.05) is 72.8 Å². The summed E-state index contributed by atoms with van der Waals surface area (Å²) < 4.78 is 5.58. The third kappa shape index (κ3) is 5.14. The monoisotopic (exact) mass is 554 g/mol. The largest absolute Gasteiger partial charge is 0.505 e. The molecule has 0 saturated heterocycles. The first-order chi connectivity index (χ1) is 20.6. The number of hydrogen-bond acceptors (Lipinski definition) is 8. The van der Waals surface area contributed by atoms with E-state index in [1.54, 1.807) is 31.4 Å². The van der Waals surface area contributed by atoms with Gasteiger partial charge in [0.25, 0.3) is 0 Å². The van der Waals surface area contributed by atoms with Gasteiger partial charge in [0.15, 0.2) is 11.5 Å². The molecule has 6 rings (SSSR count). The number of methoxy groups -OCH3 is 1. The van der Waals surface area contributed by atoms with E-state index in [1.165, 1.54) is 0 Å². The topological polar surface area (TPSA) is 119 Å². The third-order valence-corrected chi connectivity index (χ3v) is 7.05. The van der Waals surface area contributed by atoms with Gasteiger partial charge in [0.05, 0.1) is 19.4 Å². The summed E-state index contributed by atoms with van der Waals surface area (Å²) in [4.78, 5) is 0. The van der Waals surface area contributed by atoms with Crippen LogP contribution in [0.3, 0.4) is 0 Å². The first-order valence-electron chi connectivity index (χ1n) is 13.2. The number of rotatable bonds is 7. The molecule has 0 heterocycles. The number of phenolic OH excluding ortho intramolecular Hbond substituents is 2. The Kier molecular flexibility index (Phi) is 7.28. The molecule has 0 saturated carbocycles. The summed E-state index contributed by atoms with van der Waals surface area (Å²) in [5.41, 5.74) is 3.93. The number of azo groups is 2. The Labute approximate surface area is 241 Å². The standard InChI is InChI=1S/C34H26N4O4/c1-42-32-19-24(13-15-29(32)36-38-31-17-11-22-7-3-5-9-27(22)34(31)41)23-12-14-28(25(18-23)20-39)35-37-30-16-10-21-6-2-4-8-26(21)33(30)40/h2-19,39-41H,20H2,1H3. The molecule has 6 aromatic rings. The zero-order chi connectivity index (χ0) is 29.1. The highest BCUT2D eigenvalue weighted by molar-refractivity contribution is 5.93. The van der Waals surface area contributed by atoms with Crippen LogP contribution in [0.15, 0.2) is 130 Å². The van der Waals surface area contributed by atoms with E-state index in [4.69, 9.17) is 4.74 Å². The fourth-order valence-corrected chi connectivity index (χ4v) is 4.79. The second-order valence-corrected chi connectivity index (χ2v) is 9.60. The summed E-state index contributed by atoms with van der Waals surface area (Å²) in [5.74, 6) is 0.619. The predicted molar refractivity (Wildman–Crippen MR) is 164 cm³/mol. The Morgan fingerprint density at radius 2 is 1.02 bits per heavy atom. The molecule has 8 nitrogen and oxygen atoms in total. The van der Waals surface area contributed by atoms with E-state index in [9.17, 15) is 15.3 Å². The van der Waals surface area contributed by atoms with E-state index >= 15 is 0 Å². The lowest BCUT2D eigenvalue weighted by Gasteiger charge is -2.10. The van der Waals surface area contributed by atoms with E-state index in [1.807, 2.05) is 84.9 Å². The average Bonchev–Trinajstić information content (AvgIpc) is 3.04. The van der Waals surface area contributed by atoms with Gasteiger partial charge in [-0.25, -0.2) is 0 Å². The lowest BCUT2D eigenvalue weighted by molar-refractivity contribution is 0.282. The van der Waals surface area contributed by atoms with Gasteiger partial charge in [-0.15, -0.1) is 15.3 Å². The minimum Gasteiger partial charge on any atom is -0.505 e. The van der Waals surface area contributed by atoms with Crippen molar-refractivity contribution in [2.75, 3.05) is 7.11 Å². The molecule has 206 valence electrons. The van der Waals surface area contributed by atoms with Gasteiger partial charge in [0, 0.05) is 16.3 Å². The molecule has 0 fully saturated rings. The van der Waals surface area contributed by atoms with E-state index in [-0.39, 0.29) is 18.1 Å². The van der Waals surface area contributed by atoms with Gasteiger partial charge < -0.3 is 20.1 Å². The molecule has 6 aromatic carbocycles. The summed E-state index contributed by atoms with van der Waals surface area (Å²) in [6.07, 6.45) is 0. The van der Waals surface area contributed by atoms with Crippen molar-refractivity contribution in [1.29, 1.82) is 0 Å². The normalized spacial score (nSPS) is 11.7. The summed E-state index contributed by atoms with van der Waals surface area (Å²) in [6.45, 7) is -0.245. The zero-order valence-corrected chi connectivity index (χ0v) is 22.6. The lowest BCUT2D eigenvalue weighted by atomic mass is 10.0. The maximum atomic E-state index is 10.6. The molecule has 0 aliphatic rings. The molecular formula is C34H26N4O4. The van der Waals surface area contributed by atoms with Crippen molar-refractivity contribution in [3.8, 4) is 28.4 Å². The second-order valence-electron chi connectivity index (χ2n) is 9.60. The SMILES string of the molecule is COc1cc(-c2ccc(N=Nc3ccc4ccccc4c3O)c(CO)c2)ccc1N=Nc1ccc2ccccc2c1O. The van der Waals surface area contributed by atoms with E-state index < -0.39 is 0 Å². The lowest BCUT2D eigenvalue weighted by Crippen LogP contribution is -1.88. The van der Waals surface area contributed by atoms with Crippen LogP contribution in [0.2, 0.25) is 0 Å². The molecule has 0 spiro atoms. The highest BCUT2D eigenvalue weighted by atomic mass is 16.5. The number of benzene rings is 6. The molecule has 0 amide bonds. The van der Waals surface area contributed by atoms with Crippen molar-refractivity contribution >= 4 is 44.3 Å². The summed E-state index contributed by atoms with van der Waals surface area (Å²) in [6, 6.07) is 33.2. The minimum atomic E-state index is -0.245. The molecule has 0 aliphatic carbocycles. The molecular weight excluding hydrogens is 528 g/mol. The fraction of sp³-hybridized carbons (Fsp3) is 0.0588. The van der Waals surface area contributed by atoms with Crippen molar-refractivity contribution in [2.24, 2.45) is 20.5 Å². The number of phenols is 2. The Morgan fingerprint density at radius 1 is 0.548 bits per heavy atom. The van der Waals surface area contributed by atoms with Crippen LogP contribution in [0.4, 0.5) is 22.7 Å². The zero-order valence-electron chi connectivity index (χ0n) is 22.6. The van der Waals surface area contributed by atoms with E-state index in [2.05, 4.69) is 20.5 Å². The van der Waals surface area contributed by atoms with Crippen LogP contribution in [-0.2, 0) is 6.61 Å². The summed E-state index contributed by atoms with van der Waals surface area (Å²) >= 11 is 0. The molecule has 8 heteroatoms. The van der Waals surface area contributed by atoms with Gasteiger partial charge in [-0.05, 0) is 58.3 Å². The first-order valence-corrected chi connectivity index (χ1v) is 13.2. The average molecular weight is 555 g/mol. The number of aliphatic hydroxyl groups excluding tert-OH is 1. The van der Waals surface area contributed by atoms with Crippen molar-refractivity contribution in [3.05, 3.63) is 115 Å². The van der Waals surface area contributed by atoms with E-state index in [0.29, 0.717) is 44.8 Å². The molecule has 0 radical (unpaired) electrons. The number of aromatic hydroxyl groups is 2. The second kappa shape index (κ2) is 11.5. The van der Waals surface area contributed by atoms with Gasteiger partial charge in [-0.2, -0.15) is 5.11 Å². The number of aliphatic hydroxyl groups is 1. The van der Waals surface area contributed by atoms with Crippen LogP contribution in [-0.4, -0.2) is 22.4 Å². The van der Waals surface area contributed by atoms with Gasteiger partial charge in [0.2, 0.25) is 0 Å². The molecule has 42 heavy (non-hydrogen) atoms. The van der Waals surface area contributed by atoms with Crippen LogP contribution in [0.5, 0.6) is 17.2 Å². The number of fused-ring (bicyclic) bond motifs is 2. The van der Waals surface area contributed by atoms with Crippen LogP contribution in [0.25, 0.3) is 32.7 Å². The smallest absolute Gasteiger partial charge is 0.150 e. The minimum absolute atomic E-state index is 0.0548. The van der Waals surface area contributed by atoms with Crippen LogP contribution in [0, 0.1) is 0 Å². The predicted octanol–water partition coefficient (Wildman–Crippen LogP) is 9.40. The van der Waals surface area contributed by atoms with Crippen LogP contribution >= 0.6 is 0 Å². The third-order valence-electron chi connectivity index (χ3n) is 7.05. The van der Waals surface area contributed by atoms with Gasteiger partial charge in [-0.3, -0.25) is 0 Å². The molecule has 0 aromatic heterocycles. The highest BCUT2D eigenvalue weighted by Gasteiger charge is 2.11. The van der Waals surface area contributed by atoms with Gasteiger partial charge in [0.1, 0.15) is 22.8 Å². The summed E-state index contributed by atoms with van der Waals surface area (Å²) in [5, 5.41) is 51.7. The first kappa shape index (κ1) is 26.6.